The van der Waals surface area contributed by atoms with Crippen LogP contribution in [0.1, 0.15) is 19.4 Å². The maximum Gasteiger partial charge on any atom is 0.171 e. The molecule has 0 bridgehead atoms. The van der Waals surface area contributed by atoms with E-state index in [1.54, 1.807) is 7.11 Å². The van der Waals surface area contributed by atoms with E-state index in [1.807, 2.05) is 19.1 Å². The molecule has 0 aliphatic carbocycles. The number of aromatic hydroxyl groups is 1. The van der Waals surface area contributed by atoms with Crippen LogP contribution in [0.25, 0.3) is 0 Å². The molecule has 0 aliphatic heterocycles. The molecule has 100 valence electrons. The molecule has 0 radical (unpaired) electrons. The molecule has 0 spiro atoms. The zero-order chi connectivity index (χ0) is 13.7. The Labute approximate surface area is 123 Å². The smallest absolute Gasteiger partial charge is 0.171 e. The van der Waals surface area contributed by atoms with Crippen LogP contribution in [0, 0.1) is 3.57 Å². The van der Waals surface area contributed by atoms with Gasteiger partial charge in [0, 0.05) is 13.1 Å². The van der Waals surface area contributed by atoms with Crippen LogP contribution in [0.5, 0.6) is 11.5 Å². The molecule has 0 aromatic heterocycles. The summed E-state index contributed by atoms with van der Waals surface area (Å²) in [5, 5.41) is 9.80. The summed E-state index contributed by atoms with van der Waals surface area (Å²) >= 11 is 2.12. The number of methoxy groups -OCH3 is 1. The van der Waals surface area contributed by atoms with Crippen molar-refractivity contribution in [2.45, 2.75) is 20.4 Å². The van der Waals surface area contributed by atoms with Crippen molar-refractivity contribution < 1.29 is 9.84 Å². The lowest BCUT2D eigenvalue weighted by atomic mass is 10.1. The van der Waals surface area contributed by atoms with E-state index in [2.05, 4.69) is 41.0 Å². The second kappa shape index (κ2) is 6.99. The van der Waals surface area contributed by atoms with E-state index in [0.717, 1.165) is 34.3 Å². The van der Waals surface area contributed by atoms with Gasteiger partial charge in [-0.05, 0) is 53.8 Å². The first-order chi connectivity index (χ1) is 8.47. The highest BCUT2D eigenvalue weighted by atomic mass is 127. The molecule has 1 aromatic rings. The fourth-order valence-corrected chi connectivity index (χ4v) is 2.46. The van der Waals surface area contributed by atoms with Gasteiger partial charge in [0.2, 0.25) is 0 Å². The van der Waals surface area contributed by atoms with Crippen molar-refractivity contribution in [2.75, 3.05) is 20.2 Å². The molecule has 1 aromatic carbocycles. The number of phenolic OH excluding ortho intramolecular Hbond substituents is 1. The molecular weight excluding hydrogens is 341 g/mol. The largest absolute Gasteiger partial charge is 0.504 e. The van der Waals surface area contributed by atoms with Crippen LogP contribution in [-0.4, -0.2) is 30.2 Å². The second-order valence-electron chi connectivity index (χ2n) is 4.39. The summed E-state index contributed by atoms with van der Waals surface area (Å²) in [6, 6.07) is 3.87. The molecule has 1 N–H and O–H groups in total. The summed E-state index contributed by atoms with van der Waals surface area (Å²) in [5.41, 5.74) is 2.29. The lowest BCUT2D eigenvalue weighted by Crippen LogP contribution is -2.24. The highest BCUT2D eigenvalue weighted by Gasteiger charge is 2.11. The summed E-state index contributed by atoms with van der Waals surface area (Å²) in [6.45, 7) is 10.8. The van der Waals surface area contributed by atoms with Gasteiger partial charge in [-0.3, -0.25) is 4.90 Å². The van der Waals surface area contributed by atoms with Crippen molar-refractivity contribution in [1.82, 2.24) is 4.90 Å². The molecule has 0 amide bonds. The van der Waals surface area contributed by atoms with Crippen molar-refractivity contribution in [1.29, 1.82) is 0 Å². The maximum atomic E-state index is 9.80. The van der Waals surface area contributed by atoms with Gasteiger partial charge in [-0.1, -0.05) is 19.1 Å². The van der Waals surface area contributed by atoms with Gasteiger partial charge >= 0.3 is 0 Å². The van der Waals surface area contributed by atoms with E-state index in [-0.39, 0.29) is 5.75 Å². The second-order valence-corrected chi connectivity index (χ2v) is 5.55. The van der Waals surface area contributed by atoms with Crippen LogP contribution >= 0.6 is 22.6 Å². The Hall–Kier alpha value is -0.750. The van der Waals surface area contributed by atoms with Gasteiger partial charge in [-0.25, -0.2) is 0 Å². The van der Waals surface area contributed by atoms with Crippen molar-refractivity contribution in [2.24, 2.45) is 0 Å². The third-order valence-corrected chi connectivity index (χ3v) is 3.48. The molecular formula is C14H20INO2. The highest BCUT2D eigenvalue weighted by Crippen LogP contribution is 2.32. The Morgan fingerprint density at radius 3 is 2.67 bits per heavy atom. The Morgan fingerprint density at radius 2 is 2.17 bits per heavy atom. The number of phenols is 1. The molecule has 1 rings (SSSR count). The Kier molecular flexibility index (Phi) is 5.95. The van der Waals surface area contributed by atoms with Crippen LogP contribution in [-0.2, 0) is 6.54 Å². The quantitative estimate of drug-likeness (QED) is 0.623. The van der Waals surface area contributed by atoms with Gasteiger partial charge < -0.3 is 9.84 Å². The summed E-state index contributed by atoms with van der Waals surface area (Å²) < 4.78 is 5.99. The van der Waals surface area contributed by atoms with Gasteiger partial charge in [-0.15, -0.1) is 0 Å². The molecule has 0 atom stereocenters. The summed E-state index contributed by atoms with van der Waals surface area (Å²) in [5.74, 6) is 0.744. The molecule has 3 nitrogen and oxygen atoms in total. The average Bonchev–Trinajstić information content (AvgIpc) is 2.32. The fourth-order valence-electron chi connectivity index (χ4n) is 1.79. The normalized spacial score (nSPS) is 10.7. The van der Waals surface area contributed by atoms with E-state index in [4.69, 9.17) is 4.74 Å². The Bertz CT molecular complexity index is 432. The lowest BCUT2D eigenvalue weighted by Gasteiger charge is -2.21. The number of likely N-dealkylation sites (N-methyl/N-ethyl adjacent to an activating group) is 1. The molecule has 0 saturated heterocycles. The van der Waals surface area contributed by atoms with E-state index in [1.165, 1.54) is 0 Å². The van der Waals surface area contributed by atoms with Gasteiger partial charge in [0.15, 0.2) is 11.5 Å². The van der Waals surface area contributed by atoms with Crippen LogP contribution in [0.4, 0.5) is 0 Å². The van der Waals surface area contributed by atoms with E-state index in [9.17, 15) is 5.11 Å². The number of hydrogen-bond donors (Lipinski definition) is 1. The van der Waals surface area contributed by atoms with Crippen LogP contribution in [0.2, 0.25) is 0 Å². The van der Waals surface area contributed by atoms with Crippen LogP contribution in [0.15, 0.2) is 24.3 Å². The lowest BCUT2D eigenvalue weighted by molar-refractivity contribution is 0.303. The highest BCUT2D eigenvalue weighted by molar-refractivity contribution is 14.1. The number of rotatable bonds is 6. The monoisotopic (exact) mass is 361 g/mol. The van der Waals surface area contributed by atoms with Gasteiger partial charge in [0.1, 0.15) is 0 Å². The topological polar surface area (TPSA) is 32.7 Å². The van der Waals surface area contributed by atoms with Crippen molar-refractivity contribution in [3.8, 4) is 11.5 Å². The molecule has 0 fully saturated rings. The van der Waals surface area contributed by atoms with Crippen LogP contribution < -0.4 is 4.74 Å². The maximum absolute atomic E-state index is 9.80. The number of ether oxygens (including phenoxy) is 1. The van der Waals surface area contributed by atoms with Gasteiger partial charge in [0.25, 0.3) is 0 Å². The van der Waals surface area contributed by atoms with E-state index < -0.39 is 0 Å². The fraction of sp³-hybridized carbons (Fsp3) is 0.429. The van der Waals surface area contributed by atoms with Gasteiger partial charge in [0.05, 0.1) is 10.7 Å². The van der Waals surface area contributed by atoms with E-state index >= 15 is 0 Å². The first-order valence-corrected chi connectivity index (χ1v) is 6.97. The molecule has 18 heavy (non-hydrogen) atoms. The standard InChI is InChI=1S/C14H20INO2/c1-5-16(8-10(2)3)9-11-6-12(15)14(17)13(7-11)18-4/h6-7,17H,2,5,8-9H2,1,3-4H3. The first-order valence-electron chi connectivity index (χ1n) is 5.90. The SMILES string of the molecule is C=C(C)CN(CC)Cc1cc(I)c(O)c(OC)c1. The summed E-state index contributed by atoms with van der Waals surface area (Å²) in [7, 11) is 1.57. The van der Waals surface area contributed by atoms with Crippen molar-refractivity contribution >= 4 is 22.6 Å². The van der Waals surface area contributed by atoms with E-state index in [0.29, 0.717) is 5.75 Å². The molecule has 0 aliphatic rings. The number of nitrogens with zero attached hydrogens (tertiary/aromatic N) is 1. The van der Waals surface area contributed by atoms with Crippen molar-refractivity contribution in [3.05, 3.63) is 33.4 Å². The molecule has 0 heterocycles. The minimum atomic E-state index is 0.213. The zero-order valence-electron chi connectivity index (χ0n) is 11.2. The first kappa shape index (κ1) is 15.3. The Morgan fingerprint density at radius 1 is 1.50 bits per heavy atom. The minimum Gasteiger partial charge on any atom is -0.504 e. The summed E-state index contributed by atoms with van der Waals surface area (Å²) in [6.07, 6.45) is 0. The van der Waals surface area contributed by atoms with Crippen LogP contribution in [0.3, 0.4) is 0 Å². The van der Waals surface area contributed by atoms with Gasteiger partial charge in [-0.2, -0.15) is 0 Å². The number of halogens is 1. The zero-order valence-corrected chi connectivity index (χ0v) is 13.3. The predicted molar refractivity (Wildman–Crippen MR) is 83.1 cm³/mol. The predicted octanol–water partition coefficient (Wildman–Crippen LogP) is 3.40. The average molecular weight is 361 g/mol. The molecule has 0 saturated carbocycles. The third-order valence-electron chi connectivity index (χ3n) is 2.66. The molecule has 0 unspecified atom stereocenters. The third kappa shape index (κ3) is 4.17. The number of benzene rings is 1. The Balaban J connectivity index is 2.89. The minimum absolute atomic E-state index is 0.213. The summed E-state index contributed by atoms with van der Waals surface area (Å²) in [4.78, 5) is 2.30. The number of hydrogen-bond acceptors (Lipinski definition) is 3. The van der Waals surface area contributed by atoms with Crippen molar-refractivity contribution in [3.63, 3.8) is 0 Å². The molecule has 4 heteroatoms.